The zero-order chi connectivity index (χ0) is 17.5. The number of carbonyl (C=O) groups excluding carboxylic acids is 2. The molecular formula is C15H17ClN4O3S. The third-order valence-corrected chi connectivity index (χ3v) is 4.50. The molecule has 0 aliphatic carbocycles. The molecule has 0 spiro atoms. The number of benzene rings is 1. The Labute approximate surface area is 148 Å². The number of carbonyl (C=O) groups is 2. The van der Waals surface area contributed by atoms with Crippen LogP contribution in [0.1, 0.15) is 11.3 Å². The summed E-state index contributed by atoms with van der Waals surface area (Å²) in [5.74, 6) is -0.628. The maximum Gasteiger partial charge on any atom is 0.237 e. The summed E-state index contributed by atoms with van der Waals surface area (Å²) in [5.41, 5.74) is 6.48. The van der Waals surface area contributed by atoms with Gasteiger partial charge in [-0.2, -0.15) is 0 Å². The minimum absolute atomic E-state index is 0.0977. The number of rotatable bonds is 8. The number of nitrogens with zero attached hydrogens (tertiary/aromatic N) is 2. The van der Waals surface area contributed by atoms with Crippen molar-refractivity contribution in [3.05, 3.63) is 46.7 Å². The molecule has 1 heterocycles. The minimum atomic E-state index is -0.548. The number of aliphatic hydroxyl groups is 1. The van der Waals surface area contributed by atoms with Gasteiger partial charge < -0.3 is 20.7 Å². The summed E-state index contributed by atoms with van der Waals surface area (Å²) < 4.78 is 1.49. The van der Waals surface area contributed by atoms with E-state index in [-0.39, 0.29) is 24.8 Å². The molecule has 0 radical (unpaired) electrons. The van der Waals surface area contributed by atoms with Gasteiger partial charge in [0.1, 0.15) is 6.54 Å². The first kappa shape index (κ1) is 18.3. The average molecular weight is 369 g/mol. The maximum absolute atomic E-state index is 12.0. The van der Waals surface area contributed by atoms with E-state index in [1.807, 2.05) is 18.2 Å². The SMILES string of the molecule is NC(=O)Cn1c(CO)cnc1SCC(=O)NCc1ccccc1Cl. The molecule has 2 aromatic rings. The Balaban J connectivity index is 1.91. The number of primary amides is 1. The van der Waals surface area contributed by atoms with Crippen LogP contribution in [0.4, 0.5) is 0 Å². The van der Waals surface area contributed by atoms with Crippen LogP contribution in [0.25, 0.3) is 0 Å². The Kier molecular flexibility index (Phi) is 6.65. The summed E-state index contributed by atoms with van der Waals surface area (Å²) in [4.78, 5) is 27.2. The van der Waals surface area contributed by atoms with Crippen molar-refractivity contribution < 1.29 is 14.7 Å². The highest BCUT2D eigenvalue weighted by Crippen LogP contribution is 2.19. The molecule has 1 aromatic carbocycles. The molecule has 4 N–H and O–H groups in total. The molecule has 0 unspecified atom stereocenters. The number of thioether (sulfide) groups is 1. The van der Waals surface area contributed by atoms with E-state index in [0.717, 1.165) is 17.3 Å². The predicted octanol–water partition coefficient (Wildman–Crippen LogP) is 0.923. The van der Waals surface area contributed by atoms with E-state index in [0.29, 0.717) is 22.4 Å². The zero-order valence-corrected chi connectivity index (χ0v) is 14.3. The molecule has 0 bridgehead atoms. The first-order valence-corrected chi connectivity index (χ1v) is 8.44. The summed E-state index contributed by atoms with van der Waals surface area (Å²) >= 11 is 7.19. The number of nitrogens with one attached hydrogen (secondary N) is 1. The van der Waals surface area contributed by atoms with Crippen molar-refractivity contribution >= 4 is 35.2 Å². The van der Waals surface area contributed by atoms with E-state index in [4.69, 9.17) is 17.3 Å². The van der Waals surface area contributed by atoms with Crippen molar-refractivity contribution in [2.24, 2.45) is 5.73 Å². The van der Waals surface area contributed by atoms with Crippen molar-refractivity contribution in [1.82, 2.24) is 14.9 Å². The monoisotopic (exact) mass is 368 g/mol. The number of hydrogen-bond donors (Lipinski definition) is 3. The van der Waals surface area contributed by atoms with Crippen LogP contribution in [-0.2, 0) is 29.3 Å². The number of aliphatic hydroxyl groups excluding tert-OH is 1. The lowest BCUT2D eigenvalue weighted by Crippen LogP contribution is -2.25. The number of imidazole rings is 1. The Hall–Kier alpha value is -2.03. The molecule has 0 aliphatic rings. The van der Waals surface area contributed by atoms with Gasteiger partial charge in [0, 0.05) is 11.6 Å². The Bertz CT molecular complexity index is 735. The van der Waals surface area contributed by atoms with E-state index >= 15 is 0 Å². The van der Waals surface area contributed by atoms with Crippen molar-refractivity contribution in [2.45, 2.75) is 24.9 Å². The van der Waals surface area contributed by atoms with Gasteiger partial charge in [-0.05, 0) is 11.6 Å². The number of halogens is 1. The Morgan fingerprint density at radius 1 is 1.38 bits per heavy atom. The van der Waals surface area contributed by atoms with E-state index in [1.54, 1.807) is 6.07 Å². The highest BCUT2D eigenvalue weighted by molar-refractivity contribution is 7.99. The van der Waals surface area contributed by atoms with E-state index in [9.17, 15) is 14.7 Å². The fraction of sp³-hybridized carbons (Fsp3) is 0.267. The van der Waals surface area contributed by atoms with Gasteiger partial charge in [0.25, 0.3) is 0 Å². The Morgan fingerprint density at radius 2 is 2.12 bits per heavy atom. The molecule has 24 heavy (non-hydrogen) atoms. The molecule has 2 amide bonds. The third kappa shape index (κ3) is 4.98. The third-order valence-electron chi connectivity index (χ3n) is 3.14. The quantitative estimate of drug-likeness (QED) is 0.600. The fourth-order valence-electron chi connectivity index (χ4n) is 1.98. The van der Waals surface area contributed by atoms with E-state index < -0.39 is 5.91 Å². The topological polar surface area (TPSA) is 110 Å². The highest BCUT2D eigenvalue weighted by Gasteiger charge is 2.13. The molecule has 128 valence electrons. The van der Waals surface area contributed by atoms with Crippen molar-refractivity contribution in [2.75, 3.05) is 5.75 Å². The molecule has 0 saturated heterocycles. The predicted molar refractivity (Wildman–Crippen MR) is 91.4 cm³/mol. The molecule has 1 aromatic heterocycles. The van der Waals surface area contributed by atoms with Gasteiger partial charge in [0.15, 0.2) is 5.16 Å². The van der Waals surface area contributed by atoms with E-state index in [1.165, 1.54) is 10.8 Å². The molecule has 0 aliphatic heterocycles. The van der Waals surface area contributed by atoms with Crippen molar-refractivity contribution in [3.8, 4) is 0 Å². The minimum Gasteiger partial charge on any atom is -0.390 e. The lowest BCUT2D eigenvalue weighted by Gasteiger charge is -2.09. The average Bonchev–Trinajstić information content (AvgIpc) is 2.93. The normalized spacial score (nSPS) is 10.6. The molecule has 0 atom stereocenters. The summed E-state index contributed by atoms with van der Waals surface area (Å²) in [6, 6.07) is 7.26. The number of hydrogen-bond acceptors (Lipinski definition) is 5. The highest BCUT2D eigenvalue weighted by atomic mass is 35.5. The first-order chi connectivity index (χ1) is 11.5. The first-order valence-electron chi connectivity index (χ1n) is 7.07. The maximum atomic E-state index is 12.0. The summed E-state index contributed by atoms with van der Waals surface area (Å²) in [7, 11) is 0. The van der Waals surface area contributed by atoms with Crippen LogP contribution < -0.4 is 11.1 Å². The fourth-order valence-corrected chi connectivity index (χ4v) is 3.00. The zero-order valence-electron chi connectivity index (χ0n) is 12.7. The number of aromatic nitrogens is 2. The molecular weight excluding hydrogens is 352 g/mol. The standard InChI is InChI=1S/C15H17ClN4O3S/c16-12-4-2-1-3-10(12)5-18-14(23)9-24-15-19-6-11(8-21)20(15)7-13(17)22/h1-4,6,21H,5,7-9H2,(H2,17,22)(H,18,23). The number of nitrogens with two attached hydrogens (primary N) is 1. The van der Waals surface area contributed by atoms with Crippen LogP contribution in [0.3, 0.4) is 0 Å². The van der Waals surface area contributed by atoms with Crippen LogP contribution in [0, 0.1) is 0 Å². The van der Waals surface area contributed by atoms with Crippen LogP contribution in [0.2, 0.25) is 5.02 Å². The van der Waals surface area contributed by atoms with Gasteiger partial charge in [-0.15, -0.1) is 0 Å². The van der Waals surface area contributed by atoms with Gasteiger partial charge >= 0.3 is 0 Å². The second-order valence-electron chi connectivity index (χ2n) is 4.90. The summed E-state index contributed by atoms with van der Waals surface area (Å²) in [6.45, 7) is -0.0320. The van der Waals surface area contributed by atoms with Gasteiger partial charge in [0.2, 0.25) is 11.8 Å². The lowest BCUT2D eigenvalue weighted by molar-refractivity contribution is -0.119. The lowest BCUT2D eigenvalue weighted by atomic mass is 10.2. The molecule has 2 rings (SSSR count). The summed E-state index contributed by atoms with van der Waals surface area (Å²) in [6.07, 6.45) is 1.45. The van der Waals surface area contributed by atoms with Crippen LogP contribution in [0.15, 0.2) is 35.6 Å². The summed E-state index contributed by atoms with van der Waals surface area (Å²) in [5, 5.41) is 13.1. The largest absolute Gasteiger partial charge is 0.390 e. The number of amides is 2. The van der Waals surface area contributed by atoms with Gasteiger partial charge in [-0.25, -0.2) is 4.98 Å². The van der Waals surface area contributed by atoms with Crippen LogP contribution >= 0.6 is 23.4 Å². The van der Waals surface area contributed by atoms with Gasteiger partial charge in [0.05, 0.1) is 24.3 Å². The molecule has 0 fully saturated rings. The van der Waals surface area contributed by atoms with Gasteiger partial charge in [-0.1, -0.05) is 41.6 Å². The van der Waals surface area contributed by atoms with Crippen molar-refractivity contribution in [3.63, 3.8) is 0 Å². The molecule has 0 saturated carbocycles. The molecule has 7 nitrogen and oxygen atoms in total. The second-order valence-corrected chi connectivity index (χ2v) is 6.25. The van der Waals surface area contributed by atoms with Crippen LogP contribution in [0.5, 0.6) is 0 Å². The van der Waals surface area contributed by atoms with Crippen LogP contribution in [-0.4, -0.2) is 32.2 Å². The Morgan fingerprint density at radius 3 is 2.79 bits per heavy atom. The van der Waals surface area contributed by atoms with E-state index in [2.05, 4.69) is 10.3 Å². The van der Waals surface area contributed by atoms with Crippen molar-refractivity contribution in [1.29, 1.82) is 0 Å². The second kappa shape index (κ2) is 8.72. The van der Waals surface area contributed by atoms with Gasteiger partial charge in [-0.3, -0.25) is 9.59 Å². The molecule has 9 heteroatoms. The smallest absolute Gasteiger partial charge is 0.237 e.